The lowest BCUT2D eigenvalue weighted by Gasteiger charge is -2.38. The Morgan fingerprint density at radius 2 is 1.85 bits per heavy atom. The summed E-state index contributed by atoms with van der Waals surface area (Å²) in [5.41, 5.74) is 2.84. The van der Waals surface area contributed by atoms with Crippen molar-refractivity contribution in [3.05, 3.63) is 71.9 Å². The molecule has 0 saturated carbocycles. The molecule has 1 aliphatic heterocycles. The largest absolute Gasteiger partial charge is 0.444 e. The predicted octanol–water partition coefficient (Wildman–Crippen LogP) is 4.31. The van der Waals surface area contributed by atoms with E-state index in [1.54, 1.807) is 36.5 Å². The standard InChI is InChI=1S/C26H31N5O3/c1-6-30-23-20(16-28-31(23)19-13-8-7-9-14-19)21(17-11-10-12-18(15-17)27-5)22(24(30)32)29-25(33)34-26(2,3)4/h7-16,21-22,27H,6H2,1-5H3,(H,29,33)/t21-,22+/m1/s1. The van der Waals surface area contributed by atoms with E-state index >= 15 is 0 Å². The molecule has 2 aromatic carbocycles. The first-order valence-electron chi connectivity index (χ1n) is 11.5. The highest BCUT2D eigenvalue weighted by Gasteiger charge is 2.44. The topological polar surface area (TPSA) is 88.5 Å². The van der Waals surface area contributed by atoms with E-state index in [-0.39, 0.29) is 5.91 Å². The van der Waals surface area contributed by atoms with Gasteiger partial charge < -0.3 is 15.4 Å². The molecule has 0 fully saturated rings. The molecule has 2 heterocycles. The zero-order valence-corrected chi connectivity index (χ0v) is 20.2. The van der Waals surface area contributed by atoms with Crippen molar-refractivity contribution in [2.24, 2.45) is 0 Å². The van der Waals surface area contributed by atoms with Crippen molar-refractivity contribution in [1.29, 1.82) is 0 Å². The first-order valence-corrected chi connectivity index (χ1v) is 11.5. The third-order valence-electron chi connectivity index (χ3n) is 5.75. The van der Waals surface area contributed by atoms with Crippen LogP contribution in [0, 0.1) is 0 Å². The molecule has 8 nitrogen and oxygen atoms in total. The molecule has 0 bridgehead atoms. The Balaban J connectivity index is 1.87. The normalized spacial score (nSPS) is 17.8. The number of rotatable bonds is 5. The van der Waals surface area contributed by atoms with E-state index in [4.69, 9.17) is 4.74 Å². The summed E-state index contributed by atoms with van der Waals surface area (Å²) in [6.07, 6.45) is 1.16. The molecule has 34 heavy (non-hydrogen) atoms. The van der Waals surface area contributed by atoms with Crippen LogP contribution in [0.15, 0.2) is 60.8 Å². The summed E-state index contributed by atoms with van der Waals surface area (Å²) in [4.78, 5) is 28.3. The smallest absolute Gasteiger partial charge is 0.408 e. The highest BCUT2D eigenvalue weighted by molar-refractivity contribution is 6.02. The number of nitrogens with zero attached hydrogens (tertiary/aromatic N) is 3. The van der Waals surface area contributed by atoms with Gasteiger partial charge in [0.15, 0.2) is 0 Å². The summed E-state index contributed by atoms with van der Waals surface area (Å²) < 4.78 is 7.28. The Bertz CT molecular complexity index is 1180. The minimum Gasteiger partial charge on any atom is -0.444 e. The van der Waals surface area contributed by atoms with Gasteiger partial charge in [-0.05, 0) is 57.5 Å². The fraction of sp³-hybridized carbons (Fsp3) is 0.346. The molecule has 0 spiro atoms. The van der Waals surface area contributed by atoms with Crippen molar-refractivity contribution in [2.75, 3.05) is 23.8 Å². The lowest BCUT2D eigenvalue weighted by molar-refractivity contribution is -0.121. The number of alkyl carbamates (subject to hydrolysis) is 1. The number of benzene rings is 2. The van der Waals surface area contributed by atoms with Crippen LogP contribution in [0.1, 0.15) is 44.7 Å². The molecule has 8 heteroatoms. The van der Waals surface area contributed by atoms with Crippen molar-refractivity contribution in [3.8, 4) is 5.69 Å². The van der Waals surface area contributed by atoms with Gasteiger partial charge in [-0.3, -0.25) is 9.69 Å². The third kappa shape index (κ3) is 4.48. The molecule has 178 valence electrons. The highest BCUT2D eigenvalue weighted by atomic mass is 16.6. The van der Waals surface area contributed by atoms with Crippen LogP contribution in [0.2, 0.25) is 0 Å². The maximum Gasteiger partial charge on any atom is 0.408 e. The van der Waals surface area contributed by atoms with Crippen molar-refractivity contribution in [2.45, 2.75) is 45.3 Å². The molecule has 2 amide bonds. The van der Waals surface area contributed by atoms with E-state index in [9.17, 15) is 9.59 Å². The Morgan fingerprint density at radius 3 is 2.50 bits per heavy atom. The van der Waals surface area contributed by atoms with Crippen molar-refractivity contribution >= 4 is 23.5 Å². The monoisotopic (exact) mass is 461 g/mol. The Labute approximate surface area is 199 Å². The summed E-state index contributed by atoms with van der Waals surface area (Å²) in [6.45, 7) is 7.73. The van der Waals surface area contributed by atoms with Gasteiger partial charge >= 0.3 is 6.09 Å². The molecular weight excluding hydrogens is 430 g/mol. The molecule has 0 saturated heterocycles. The first kappa shape index (κ1) is 23.4. The minimum atomic E-state index is -0.845. The number of nitrogens with one attached hydrogen (secondary N) is 2. The van der Waals surface area contributed by atoms with E-state index in [1.807, 2.05) is 68.6 Å². The number of fused-ring (bicyclic) bond motifs is 1. The first-order chi connectivity index (χ1) is 16.2. The van der Waals surface area contributed by atoms with Gasteiger partial charge in [0.25, 0.3) is 5.91 Å². The number of ether oxygens (including phenoxy) is 1. The third-order valence-corrected chi connectivity index (χ3v) is 5.75. The number of likely N-dealkylation sites (N-methyl/N-ethyl adjacent to an activating group) is 1. The van der Waals surface area contributed by atoms with Gasteiger partial charge in [-0.1, -0.05) is 30.3 Å². The summed E-state index contributed by atoms with van der Waals surface area (Å²) in [5, 5.41) is 10.7. The fourth-order valence-electron chi connectivity index (χ4n) is 4.34. The zero-order valence-electron chi connectivity index (χ0n) is 20.2. The SMILES string of the molecule is CCN1C(=O)[C@@H](NC(=O)OC(C)(C)C)[C@H](c2cccc(NC)c2)c2cnn(-c3ccccc3)c21. The van der Waals surface area contributed by atoms with Crippen LogP contribution >= 0.6 is 0 Å². The molecule has 0 aliphatic carbocycles. The molecule has 4 rings (SSSR count). The van der Waals surface area contributed by atoms with Crippen molar-refractivity contribution in [3.63, 3.8) is 0 Å². The average molecular weight is 462 g/mol. The van der Waals surface area contributed by atoms with Crippen LogP contribution in [0.3, 0.4) is 0 Å². The zero-order chi connectivity index (χ0) is 24.5. The molecule has 0 radical (unpaired) electrons. The van der Waals surface area contributed by atoms with E-state index < -0.39 is 23.7 Å². The van der Waals surface area contributed by atoms with Crippen LogP contribution < -0.4 is 15.5 Å². The number of carbonyl (C=O) groups is 2. The van der Waals surface area contributed by atoms with Crippen molar-refractivity contribution < 1.29 is 14.3 Å². The molecule has 2 N–H and O–H groups in total. The van der Waals surface area contributed by atoms with E-state index in [0.29, 0.717) is 12.4 Å². The molecular formula is C26H31N5O3. The minimum absolute atomic E-state index is 0.210. The maximum atomic E-state index is 13.8. The molecule has 3 aromatic rings. The van der Waals surface area contributed by atoms with Gasteiger partial charge in [0, 0.05) is 30.8 Å². The van der Waals surface area contributed by atoms with Crippen molar-refractivity contribution in [1.82, 2.24) is 15.1 Å². The highest BCUT2D eigenvalue weighted by Crippen LogP contribution is 2.41. The molecule has 0 unspecified atom stereocenters. The second kappa shape index (κ2) is 9.21. The van der Waals surface area contributed by atoms with Crippen LogP contribution in [0.5, 0.6) is 0 Å². The lowest BCUT2D eigenvalue weighted by Crippen LogP contribution is -2.56. The van der Waals surface area contributed by atoms with Gasteiger partial charge in [0.1, 0.15) is 17.5 Å². The Hall–Kier alpha value is -3.81. The average Bonchev–Trinajstić information content (AvgIpc) is 3.23. The van der Waals surface area contributed by atoms with Crippen LogP contribution in [-0.2, 0) is 9.53 Å². The summed E-state index contributed by atoms with van der Waals surface area (Å²) in [6, 6.07) is 16.7. The van der Waals surface area contributed by atoms with Crippen LogP contribution in [0.25, 0.3) is 5.69 Å². The van der Waals surface area contributed by atoms with Gasteiger partial charge in [-0.25, -0.2) is 9.48 Å². The lowest BCUT2D eigenvalue weighted by atomic mass is 9.82. The fourth-order valence-corrected chi connectivity index (χ4v) is 4.34. The number of anilines is 2. The number of para-hydroxylation sites is 1. The number of hydrogen-bond acceptors (Lipinski definition) is 5. The molecule has 2 atom stereocenters. The molecule has 1 aromatic heterocycles. The Morgan fingerprint density at radius 1 is 1.12 bits per heavy atom. The number of hydrogen-bond donors (Lipinski definition) is 2. The van der Waals surface area contributed by atoms with E-state index in [0.717, 1.165) is 22.5 Å². The second-order valence-electron chi connectivity index (χ2n) is 9.23. The summed E-state index contributed by atoms with van der Waals surface area (Å²) in [5.74, 6) is 0.0581. The summed E-state index contributed by atoms with van der Waals surface area (Å²) in [7, 11) is 1.85. The number of aromatic nitrogens is 2. The van der Waals surface area contributed by atoms with Crippen LogP contribution in [0.4, 0.5) is 16.3 Å². The van der Waals surface area contributed by atoms with E-state index in [2.05, 4.69) is 15.7 Å². The summed E-state index contributed by atoms with van der Waals surface area (Å²) >= 11 is 0. The van der Waals surface area contributed by atoms with Gasteiger partial charge in [-0.2, -0.15) is 5.10 Å². The van der Waals surface area contributed by atoms with Crippen LogP contribution in [-0.4, -0.2) is 47.0 Å². The quantitative estimate of drug-likeness (QED) is 0.591. The molecule has 1 aliphatic rings. The second-order valence-corrected chi connectivity index (χ2v) is 9.23. The van der Waals surface area contributed by atoms with E-state index in [1.165, 1.54) is 0 Å². The number of amides is 2. The maximum absolute atomic E-state index is 13.8. The Kier molecular flexibility index (Phi) is 6.32. The number of carbonyl (C=O) groups excluding carboxylic acids is 2. The van der Waals surface area contributed by atoms with Gasteiger partial charge in [-0.15, -0.1) is 0 Å². The van der Waals surface area contributed by atoms with Gasteiger partial charge in [0.05, 0.1) is 11.9 Å². The van der Waals surface area contributed by atoms with Gasteiger partial charge in [0.2, 0.25) is 0 Å². The predicted molar refractivity (Wildman–Crippen MR) is 133 cm³/mol.